The maximum Gasteiger partial charge on any atom is 0.325 e. The highest BCUT2D eigenvalue weighted by molar-refractivity contribution is 6.30. The van der Waals surface area contributed by atoms with E-state index in [4.69, 9.17) is 11.6 Å². The van der Waals surface area contributed by atoms with Gasteiger partial charge in [-0.1, -0.05) is 30.7 Å². The largest absolute Gasteiger partial charge is 0.325 e. The van der Waals surface area contributed by atoms with Gasteiger partial charge in [-0.25, -0.2) is 4.79 Å². The minimum atomic E-state index is -1.22. The van der Waals surface area contributed by atoms with Crippen LogP contribution < -0.4 is 10.2 Å². The fourth-order valence-electron chi connectivity index (χ4n) is 4.13. The van der Waals surface area contributed by atoms with Crippen LogP contribution in [0.1, 0.15) is 42.1 Å². The third-order valence-corrected chi connectivity index (χ3v) is 6.17. The number of carbonyl (C=O) groups is 4. The van der Waals surface area contributed by atoms with Crippen molar-refractivity contribution in [2.45, 2.75) is 31.7 Å². The third-order valence-electron chi connectivity index (χ3n) is 5.92. The van der Waals surface area contributed by atoms with E-state index in [1.165, 1.54) is 0 Å². The molecule has 2 heterocycles. The molecule has 7 nitrogen and oxygen atoms in total. The van der Waals surface area contributed by atoms with Gasteiger partial charge in [0.25, 0.3) is 5.91 Å². The van der Waals surface area contributed by atoms with Crippen LogP contribution in [0.2, 0.25) is 5.02 Å². The molecule has 2 aromatic carbocycles. The lowest BCUT2D eigenvalue weighted by Crippen LogP contribution is -2.43. The Morgan fingerprint density at radius 2 is 1.74 bits per heavy atom. The fourth-order valence-corrected chi connectivity index (χ4v) is 4.25. The lowest BCUT2D eigenvalue weighted by Gasteiger charge is -2.25. The van der Waals surface area contributed by atoms with Crippen molar-refractivity contribution >= 4 is 40.9 Å². The Morgan fingerprint density at radius 3 is 2.32 bits per heavy atom. The predicted octanol–water partition coefficient (Wildman–Crippen LogP) is 3.51. The van der Waals surface area contributed by atoms with Crippen LogP contribution in [-0.4, -0.2) is 41.6 Å². The number of Topliss-reactive ketones (excluding diaryl/α,β-unsaturated/α-hetero) is 1. The van der Waals surface area contributed by atoms with Crippen LogP contribution in [-0.2, 0) is 15.1 Å². The van der Waals surface area contributed by atoms with E-state index in [1.807, 2.05) is 0 Å². The number of nitrogens with zero attached hydrogens (tertiary/aromatic N) is 2. The molecule has 4 amide bonds. The van der Waals surface area contributed by atoms with Crippen LogP contribution in [0, 0.1) is 0 Å². The van der Waals surface area contributed by atoms with Gasteiger partial charge in [-0.15, -0.1) is 0 Å². The molecule has 0 radical (unpaired) electrons. The molecular formula is C23H22ClN3O4. The zero-order valence-corrected chi connectivity index (χ0v) is 17.8. The minimum absolute atomic E-state index is 0.0662. The minimum Gasteiger partial charge on any atom is -0.319 e. The summed E-state index contributed by atoms with van der Waals surface area (Å²) in [4.78, 5) is 53.1. The highest BCUT2D eigenvalue weighted by Crippen LogP contribution is 2.33. The maximum absolute atomic E-state index is 13.2. The Labute approximate surface area is 185 Å². The van der Waals surface area contributed by atoms with Crippen molar-refractivity contribution in [2.75, 3.05) is 18.0 Å². The summed E-state index contributed by atoms with van der Waals surface area (Å²) in [5.74, 6) is -0.753. The molecule has 2 aromatic rings. The van der Waals surface area contributed by atoms with Gasteiger partial charge in [-0.05, 0) is 54.8 Å². The number of hydrogen-bond donors (Lipinski definition) is 1. The van der Waals surface area contributed by atoms with Crippen molar-refractivity contribution in [1.82, 2.24) is 10.2 Å². The van der Waals surface area contributed by atoms with E-state index in [2.05, 4.69) is 5.32 Å². The topological polar surface area (TPSA) is 86.8 Å². The second kappa shape index (κ2) is 8.15. The van der Waals surface area contributed by atoms with Crippen molar-refractivity contribution in [3.63, 3.8) is 0 Å². The first-order valence-corrected chi connectivity index (χ1v) is 10.6. The summed E-state index contributed by atoms with van der Waals surface area (Å²) in [6.07, 6.45) is 1.68. The summed E-state index contributed by atoms with van der Waals surface area (Å²) in [7, 11) is 0. The average molecular weight is 440 g/mol. The summed E-state index contributed by atoms with van der Waals surface area (Å²) in [5, 5.41) is 3.28. The average Bonchev–Trinajstić information content (AvgIpc) is 3.31. The molecule has 2 aliphatic rings. The number of amides is 4. The molecule has 1 unspecified atom stereocenters. The molecule has 0 aliphatic carbocycles. The molecule has 0 spiro atoms. The molecule has 1 N–H and O–H groups in total. The first-order chi connectivity index (χ1) is 14.9. The number of urea groups is 1. The molecule has 1 atom stereocenters. The Balaban J connectivity index is 1.51. The number of carbonyl (C=O) groups excluding carboxylic acids is 4. The van der Waals surface area contributed by atoms with E-state index in [0.717, 1.165) is 17.0 Å². The molecule has 8 heteroatoms. The lowest BCUT2D eigenvalue weighted by atomic mass is 9.87. The van der Waals surface area contributed by atoms with E-state index >= 15 is 0 Å². The molecule has 2 saturated heterocycles. The quantitative estimate of drug-likeness (QED) is 0.551. The second-order valence-corrected chi connectivity index (χ2v) is 8.14. The highest BCUT2D eigenvalue weighted by atomic mass is 35.5. The first kappa shape index (κ1) is 21.1. The van der Waals surface area contributed by atoms with Gasteiger partial charge in [0.15, 0.2) is 5.78 Å². The predicted molar refractivity (Wildman–Crippen MR) is 116 cm³/mol. The van der Waals surface area contributed by atoms with Gasteiger partial charge in [0.05, 0.1) is 6.54 Å². The van der Waals surface area contributed by atoms with Gasteiger partial charge >= 0.3 is 6.03 Å². The van der Waals surface area contributed by atoms with Gasteiger partial charge in [0.1, 0.15) is 5.54 Å². The normalized spacial score (nSPS) is 21.0. The van der Waals surface area contributed by atoms with Crippen molar-refractivity contribution in [2.24, 2.45) is 0 Å². The Bertz CT molecular complexity index is 1050. The highest BCUT2D eigenvalue weighted by Gasteiger charge is 2.51. The monoisotopic (exact) mass is 439 g/mol. The molecule has 2 fully saturated rings. The van der Waals surface area contributed by atoms with Crippen molar-refractivity contribution < 1.29 is 19.2 Å². The Hall–Kier alpha value is -3.19. The molecule has 31 heavy (non-hydrogen) atoms. The Kier molecular flexibility index (Phi) is 5.54. The molecule has 4 rings (SSSR count). The SMILES string of the molecule is CCC1(c2ccc(Cl)cc2)NC(=O)N(CC(=O)c2ccc(N3CCCC3=O)cc2)C1=O. The second-order valence-electron chi connectivity index (χ2n) is 7.71. The molecule has 0 saturated carbocycles. The number of hydrogen-bond acceptors (Lipinski definition) is 4. The number of imide groups is 1. The van der Waals surface area contributed by atoms with E-state index in [1.54, 1.807) is 60.4 Å². The number of benzene rings is 2. The number of rotatable bonds is 6. The van der Waals surface area contributed by atoms with E-state index in [9.17, 15) is 19.2 Å². The van der Waals surface area contributed by atoms with Crippen LogP contribution in [0.25, 0.3) is 0 Å². The standard InChI is InChI=1S/C23H22ClN3O4/c1-2-23(16-7-9-17(24)10-8-16)21(30)27(22(31)25-23)14-19(28)15-5-11-18(12-6-15)26-13-3-4-20(26)29/h5-12H,2-4,13-14H2,1H3,(H,25,31). The van der Waals surface area contributed by atoms with Crippen LogP contribution in [0.3, 0.4) is 0 Å². The zero-order chi connectivity index (χ0) is 22.2. The van der Waals surface area contributed by atoms with Crippen LogP contribution in [0.15, 0.2) is 48.5 Å². The van der Waals surface area contributed by atoms with E-state index in [0.29, 0.717) is 35.5 Å². The third kappa shape index (κ3) is 3.70. The summed E-state index contributed by atoms with van der Waals surface area (Å²) in [6, 6.07) is 12.8. The summed E-state index contributed by atoms with van der Waals surface area (Å²) >= 11 is 5.95. The summed E-state index contributed by atoms with van der Waals surface area (Å²) < 4.78 is 0. The van der Waals surface area contributed by atoms with Gasteiger partial charge in [0.2, 0.25) is 5.91 Å². The summed E-state index contributed by atoms with van der Waals surface area (Å²) in [5.41, 5.74) is 0.507. The molecule has 2 aliphatic heterocycles. The van der Waals surface area contributed by atoms with E-state index in [-0.39, 0.29) is 18.2 Å². The smallest absolute Gasteiger partial charge is 0.319 e. The van der Waals surface area contributed by atoms with Gasteiger partial charge in [-0.2, -0.15) is 0 Å². The molecular weight excluding hydrogens is 418 g/mol. The number of halogens is 1. The van der Waals surface area contributed by atoms with Gasteiger partial charge in [0, 0.05) is 29.2 Å². The van der Waals surface area contributed by atoms with Crippen molar-refractivity contribution in [3.05, 3.63) is 64.7 Å². The van der Waals surface area contributed by atoms with E-state index < -0.39 is 17.5 Å². The van der Waals surface area contributed by atoms with Crippen LogP contribution in [0.5, 0.6) is 0 Å². The van der Waals surface area contributed by atoms with Gasteiger partial charge in [-0.3, -0.25) is 19.3 Å². The number of ketones is 1. The van der Waals surface area contributed by atoms with Gasteiger partial charge < -0.3 is 10.2 Å². The first-order valence-electron chi connectivity index (χ1n) is 10.2. The molecule has 0 aromatic heterocycles. The molecule has 0 bridgehead atoms. The fraction of sp³-hybridized carbons (Fsp3) is 0.304. The maximum atomic E-state index is 13.2. The Morgan fingerprint density at radius 1 is 1.06 bits per heavy atom. The lowest BCUT2D eigenvalue weighted by molar-refractivity contribution is -0.131. The number of anilines is 1. The van der Waals surface area contributed by atoms with Crippen LogP contribution in [0.4, 0.5) is 10.5 Å². The molecule has 160 valence electrons. The van der Waals surface area contributed by atoms with Crippen molar-refractivity contribution in [3.8, 4) is 0 Å². The number of nitrogens with one attached hydrogen (secondary N) is 1. The zero-order valence-electron chi connectivity index (χ0n) is 17.1. The van der Waals surface area contributed by atoms with Crippen LogP contribution >= 0.6 is 11.6 Å². The summed E-state index contributed by atoms with van der Waals surface area (Å²) in [6.45, 7) is 2.11. The van der Waals surface area contributed by atoms with Crippen molar-refractivity contribution in [1.29, 1.82) is 0 Å².